The Morgan fingerprint density at radius 2 is 1.55 bits per heavy atom. The van der Waals surface area contributed by atoms with Gasteiger partial charge in [-0.05, 0) is 49.8 Å². The third-order valence-corrected chi connectivity index (χ3v) is 3.87. The molecule has 1 heteroatoms. The first-order valence-electron chi connectivity index (χ1n) is 8.92. The van der Waals surface area contributed by atoms with E-state index in [1.807, 2.05) is 12.1 Å². The van der Waals surface area contributed by atoms with Crippen LogP contribution in [0.3, 0.4) is 0 Å². The van der Waals surface area contributed by atoms with Gasteiger partial charge in [-0.15, -0.1) is 0 Å². The van der Waals surface area contributed by atoms with Crippen molar-refractivity contribution in [3.63, 3.8) is 0 Å². The van der Waals surface area contributed by atoms with E-state index in [9.17, 15) is 5.11 Å². The fraction of sp³-hybridized carbons (Fsp3) is 0.524. The van der Waals surface area contributed by atoms with Crippen molar-refractivity contribution >= 4 is 0 Å². The molecule has 0 spiro atoms. The number of aryl methyl sites for hydroxylation is 1. The van der Waals surface area contributed by atoms with Crippen molar-refractivity contribution in [1.82, 2.24) is 0 Å². The fourth-order valence-electron chi connectivity index (χ4n) is 2.58. The minimum Gasteiger partial charge on any atom is -0.508 e. The number of unbranched alkanes of at least 4 members (excludes halogenated alkanes) is 7. The Hall–Kier alpha value is -1.50. The van der Waals surface area contributed by atoms with Gasteiger partial charge in [-0.25, -0.2) is 0 Å². The zero-order valence-corrected chi connectivity index (χ0v) is 14.1. The average Bonchev–Trinajstić information content (AvgIpc) is 2.52. The number of aromatic hydroxyl groups is 1. The summed E-state index contributed by atoms with van der Waals surface area (Å²) >= 11 is 0. The lowest BCUT2D eigenvalue weighted by Gasteiger charge is -2.03. The summed E-state index contributed by atoms with van der Waals surface area (Å²) in [7, 11) is 0. The van der Waals surface area contributed by atoms with Crippen LogP contribution < -0.4 is 0 Å². The molecule has 0 aliphatic carbocycles. The van der Waals surface area contributed by atoms with Crippen LogP contribution in [0.1, 0.15) is 70.3 Å². The summed E-state index contributed by atoms with van der Waals surface area (Å²) in [4.78, 5) is 0. The van der Waals surface area contributed by atoms with Gasteiger partial charge in [-0.3, -0.25) is 0 Å². The summed E-state index contributed by atoms with van der Waals surface area (Å²) in [5, 5.41) is 9.41. The van der Waals surface area contributed by atoms with Gasteiger partial charge >= 0.3 is 0 Å². The zero-order valence-electron chi connectivity index (χ0n) is 14.1. The highest BCUT2D eigenvalue weighted by Gasteiger charge is 1.96. The standard InChI is InChI=1S/C21H32O/c1-2-3-4-5-6-7-8-9-10-11-12-13-14-16-20-17-15-18-21(22)19-20/h3-6,15,17-19,22H,2,7-14,16H2,1H3/b4-3+,6-5+. The lowest BCUT2D eigenvalue weighted by molar-refractivity contribution is 0.474. The molecule has 0 aliphatic rings. The first-order chi connectivity index (χ1) is 10.8. The van der Waals surface area contributed by atoms with Crippen LogP contribution in [0.2, 0.25) is 0 Å². The summed E-state index contributed by atoms with van der Waals surface area (Å²) < 4.78 is 0. The van der Waals surface area contributed by atoms with Crippen LogP contribution in [0.5, 0.6) is 5.75 Å². The van der Waals surface area contributed by atoms with E-state index in [1.165, 1.54) is 56.9 Å². The second-order valence-corrected chi connectivity index (χ2v) is 5.95. The molecule has 1 rings (SSSR count). The molecule has 0 fully saturated rings. The normalized spacial score (nSPS) is 11.7. The molecule has 1 N–H and O–H groups in total. The van der Waals surface area contributed by atoms with Crippen LogP contribution in [0.4, 0.5) is 0 Å². The Balaban J connectivity index is 1.87. The molecule has 1 nitrogen and oxygen atoms in total. The summed E-state index contributed by atoms with van der Waals surface area (Å²) in [5.41, 5.74) is 1.25. The largest absolute Gasteiger partial charge is 0.508 e. The van der Waals surface area contributed by atoms with Crippen LogP contribution in [0.25, 0.3) is 0 Å². The van der Waals surface area contributed by atoms with E-state index in [0.29, 0.717) is 5.75 Å². The van der Waals surface area contributed by atoms with Crippen LogP contribution in [0, 0.1) is 0 Å². The number of hydrogen-bond donors (Lipinski definition) is 1. The Bertz CT molecular complexity index is 431. The number of rotatable bonds is 12. The molecule has 0 saturated heterocycles. The lowest BCUT2D eigenvalue weighted by atomic mass is 10.0. The summed E-state index contributed by atoms with van der Waals surface area (Å²) in [6.07, 6.45) is 21.5. The summed E-state index contributed by atoms with van der Waals surface area (Å²) in [5.74, 6) is 0.386. The maximum absolute atomic E-state index is 9.41. The van der Waals surface area contributed by atoms with E-state index in [4.69, 9.17) is 0 Å². The first-order valence-corrected chi connectivity index (χ1v) is 8.92. The van der Waals surface area contributed by atoms with E-state index in [1.54, 1.807) is 6.07 Å². The maximum Gasteiger partial charge on any atom is 0.115 e. The molecular formula is C21H32O. The number of phenolic OH excluding ortho intramolecular Hbond substituents is 1. The molecule has 0 amide bonds. The van der Waals surface area contributed by atoms with Crippen LogP contribution in [0.15, 0.2) is 48.6 Å². The van der Waals surface area contributed by atoms with Gasteiger partial charge in [0.2, 0.25) is 0 Å². The third kappa shape index (κ3) is 10.3. The van der Waals surface area contributed by atoms with Gasteiger partial charge in [0.25, 0.3) is 0 Å². The van der Waals surface area contributed by atoms with E-state index >= 15 is 0 Å². The molecule has 0 aromatic heterocycles. The molecule has 1 aromatic rings. The quantitative estimate of drug-likeness (QED) is 0.341. The summed E-state index contributed by atoms with van der Waals surface area (Å²) in [6, 6.07) is 7.64. The second-order valence-electron chi connectivity index (χ2n) is 5.95. The highest BCUT2D eigenvalue weighted by atomic mass is 16.3. The molecule has 122 valence electrons. The molecule has 0 radical (unpaired) electrons. The van der Waals surface area contributed by atoms with Gasteiger partial charge in [-0.1, -0.05) is 75.5 Å². The van der Waals surface area contributed by atoms with E-state index in [0.717, 1.165) is 12.8 Å². The van der Waals surface area contributed by atoms with E-state index in [-0.39, 0.29) is 0 Å². The van der Waals surface area contributed by atoms with Crippen molar-refractivity contribution in [3.8, 4) is 5.75 Å². The molecule has 1 aromatic carbocycles. The van der Waals surface area contributed by atoms with Crippen molar-refractivity contribution < 1.29 is 5.11 Å². The Morgan fingerprint density at radius 1 is 0.864 bits per heavy atom. The first kappa shape index (κ1) is 18.5. The fourth-order valence-corrected chi connectivity index (χ4v) is 2.58. The molecular weight excluding hydrogens is 268 g/mol. The number of phenols is 1. The van der Waals surface area contributed by atoms with Gasteiger partial charge in [0.1, 0.15) is 5.75 Å². The predicted molar refractivity (Wildman–Crippen MR) is 97.3 cm³/mol. The minimum absolute atomic E-state index is 0.386. The molecule has 0 heterocycles. The number of benzene rings is 1. The predicted octanol–water partition coefficient (Wildman–Crippen LogP) is 6.58. The third-order valence-electron chi connectivity index (χ3n) is 3.87. The highest BCUT2D eigenvalue weighted by Crippen LogP contribution is 2.15. The molecule has 22 heavy (non-hydrogen) atoms. The SMILES string of the molecule is CC/C=C/C=C/CCCCCCCCCc1cccc(O)c1. The van der Waals surface area contributed by atoms with Crippen LogP contribution in [-0.4, -0.2) is 5.11 Å². The van der Waals surface area contributed by atoms with Crippen molar-refractivity contribution in [2.45, 2.75) is 71.1 Å². The van der Waals surface area contributed by atoms with Gasteiger partial charge in [-0.2, -0.15) is 0 Å². The van der Waals surface area contributed by atoms with Gasteiger partial charge in [0.05, 0.1) is 0 Å². The van der Waals surface area contributed by atoms with Gasteiger partial charge in [0.15, 0.2) is 0 Å². The molecule has 0 saturated carbocycles. The zero-order chi connectivity index (χ0) is 15.9. The van der Waals surface area contributed by atoms with Crippen LogP contribution in [-0.2, 0) is 6.42 Å². The topological polar surface area (TPSA) is 20.2 Å². The van der Waals surface area contributed by atoms with Crippen molar-refractivity contribution in [2.24, 2.45) is 0 Å². The minimum atomic E-state index is 0.386. The summed E-state index contributed by atoms with van der Waals surface area (Å²) in [6.45, 7) is 2.16. The second kappa shape index (κ2) is 13.2. The highest BCUT2D eigenvalue weighted by molar-refractivity contribution is 5.27. The van der Waals surface area contributed by atoms with Crippen LogP contribution >= 0.6 is 0 Å². The van der Waals surface area contributed by atoms with Gasteiger partial charge in [0, 0.05) is 0 Å². The Labute approximate surface area is 136 Å². The maximum atomic E-state index is 9.41. The molecule has 0 bridgehead atoms. The number of allylic oxidation sites excluding steroid dienone is 4. The van der Waals surface area contributed by atoms with E-state index < -0.39 is 0 Å². The number of hydrogen-bond acceptors (Lipinski definition) is 1. The monoisotopic (exact) mass is 300 g/mol. The molecule has 0 unspecified atom stereocenters. The Morgan fingerprint density at radius 3 is 2.27 bits per heavy atom. The average molecular weight is 300 g/mol. The van der Waals surface area contributed by atoms with Crippen molar-refractivity contribution in [3.05, 3.63) is 54.1 Å². The molecule has 0 atom stereocenters. The lowest BCUT2D eigenvalue weighted by Crippen LogP contribution is -1.86. The van der Waals surface area contributed by atoms with E-state index in [2.05, 4.69) is 37.3 Å². The smallest absolute Gasteiger partial charge is 0.115 e. The Kier molecular flexibility index (Phi) is 11.1. The van der Waals surface area contributed by atoms with Crippen molar-refractivity contribution in [2.75, 3.05) is 0 Å². The molecule has 0 aliphatic heterocycles. The van der Waals surface area contributed by atoms with Gasteiger partial charge < -0.3 is 5.11 Å². The van der Waals surface area contributed by atoms with Crippen molar-refractivity contribution in [1.29, 1.82) is 0 Å².